The summed E-state index contributed by atoms with van der Waals surface area (Å²) in [5, 5.41) is 0.810. The molecule has 0 aliphatic rings. The topological polar surface area (TPSA) is 34.9 Å². The van der Waals surface area contributed by atoms with Crippen molar-refractivity contribution in [3.05, 3.63) is 103 Å². The van der Waals surface area contributed by atoms with Crippen molar-refractivity contribution in [3.63, 3.8) is 0 Å². The Morgan fingerprint density at radius 1 is 0.815 bits per heavy atom. The monoisotopic (exact) mass is 370 g/mol. The summed E-state index contributed by atoms with van der Waals surface area (Å²) in [6.45, 7) is 0. The summed E-state index contributed by atoms with van der Waals surface area (Å²) in [5.41, 5.74) is 3.86. The van der Waals surface area contributed by atoms with Gasteiger partial charge in [-0.1, -0.05) is 90.6 Å². The molecule has 3 aromatic carbocycles. The van der Waals surface area contributed by atoms with Crippen LogP contribution in [0.2, 0.25) is 0 Å². The highest BCUT2D eigenvalue weighted by atomic mass is 32.2. The number of carbonyl (C=O) groups is 1. The number of nitrogens with zero attached hydrogens (tertiary/aromatic N) is 2. The Labute approximate surface area is 162 Å². The van der Waals surface area contributed by atoms with Gasteiger partial charge in [0, 0.05) is 16.8 Å². The molecular weight excluding hydrogens is 352 g/mol. The van der Waals surface area contributed by atoms with Gasteiger partial charge in [-0.3, -0.25) is 9.36 Å². The first-order valence-electron chi connectivity index (χ1n) is 8.72. The van der Waals surface area contributed by atoms with Gasteiger partial charge in [0.25, 0.3) is 0 Å². The Morgan fingerprint density at radius 3 is 2.07 bits per heavy atom. The van der Waals surface area contributed by atoms with E-state index in [2.05, 4.69) is 33.8 Å². The maximum atomic E-state index is 12.5. The molecule has 1 heterocycles. The number of benzene rings is 3. The minimum absolute atomic E-state index is 0.101. The van der Waals surface area contributed by atoms with Gasteiger partial charge in [0.15, 0.2) is 10.9 Å². The average molecular weight is 370 g/mol. The molecule has 0 aliphatic heterocycles. The van der Waals surface area contributed by atoms with Crippen molar-refractivity contribution in [2.45, 2.75) is 5.16 Å². The van der Waals surface area contributed by atoms with Crippen molar-refractivity contribution < 1.29 is 4.79 Å². The molecule has 27 heavy (non-hydrogen) atoms. The number of thioether (sulfide) groups is 1. The molecule has 4 aromatic rings. The molecule has 0 unspecified atom stereocenters. The number of ketones is 1. The van der Waals surface area contributed by atoms with Crippen LogP contribution in [0, 0.1) is 0 Å². The first-order valence-corrected chi connectivity index (χ1v) is 9.71. The molecule has 0 atom stereocenters. The summed E-state index contributed by atoms with van der Waals surface area (Å²) >= 11 is 1.46. The molecule has 132 valence electrons. The third kappa shape index (κ3) is 3.86. The number of imidazole rings is 1. The van der Waals surface area contributed by atoms with E-state index in [0.29, 0.717) is 5.75 Å². The lowest BCUT2D eigenvalue weighted by Gasteiger charge is -2.12. The molecule has 0 saturated heterocycles. The SMILES string of the molecule is O=C(CSc1ncc(-c2ccccc2)n1-c1ccccc1)c1ccccc1. The van der Waals surface area contributed by atoms with Gasteiger partial charge in [-0.2, -0.15) is 0 Å². The Balaban J connectivity index is 1.67. The van der Waals surface area contributed by atoms with E-state index in [4.69, 9.17) is 0 Å². The molecule has 0 spiro atoms. The van der Waals surface area contributed by atoms with E-state index in [1.54, 1.807) is 0 Å². The zero-order valence-electron chi connectivity index (χ0n) is 14.7. The summed E-state index contributed by atoms with van der Waals surface area (Å²) in [7, 11) is 0. The van der Waals surface area contributed by atoms with Crippen molar-refractivity contribution in [2.75, 3.05) is 5.75 Å². The third-order valence-corrected chi connectivity index (χ3v) is 5.19. The molecule has 0 N–H and O–H groups in total. The van der Waals surface area contributed by atoms with Crippen LogP contribution in [0.3, 0.4) is 0 Å². The maximum absolute atomic E-state index is 12.5. The zero-order valence-corrected chi connectivity index (χ0v) is 15.5. The largest absolute Gasteiger partial charge is 0.293 e. The fourth-order valence-corrected chi connectivity index (χ4v) is 3.80. The fraction of sp³-hybridized carbons (Fsp3) is 0.0435. The number of para-hydroxylation sites is 1. The Morgan fingerprint density at radius 2 is 1.41 bits per heavy atom. The molecule has 0 saturated carbocycles. The number of hydrogen-bond donors (Lipinski definition) is 0. The Bertz CT molecular complexity index is 1030. The van der Waals surface area contributed by atoms with Gasteiger partial charge in [0.2, 0.25) is 0 Å². The predicted octanol–water partition coefficient (Wildman–Crippen LogP) is 5.51. The summed E-state index contributed by atoms with van der Waals surface area (Å²) in [4.78, 5) is 17.1. The lowest BCUT2D eigenvalue weighted by molar-refractivity contribution is 0.102. The second-order valence-corrected chi connectivity index (χ2v) is 6.98. The molecule has 1 aromatic heterocycles. The minimum Gasteiger partial charge on any atom is -0.293 e. The first kappa shape index (κ1) is 17.3. The van der Waals surface area contributed by atoms with E-state index < -0.39 is 0 Å². The Kier molecular flexibility index (Phi) is 5.17. The van der Waals surface area contributed by atoms with E-state index >= 15 is 0 Å². The molecule has 0 radical (unpaired) electrons. The van der Waals surface area contributed by atoms with Crippen LogP contribution in [0.1, 0.15) is 10.4 Å². The van der Waals surface area contributed by atoms with E-state index in [9.17, 15) is 4.79 Å². The highest BCUT2D eigenvalue weighted by molar-refractivity contribution is 7.99. The van der Waals surface area contributed by atoms with Crippen LogP contribution < -0.4 is 0 Å². The van der Waals surface area contributed by atoms with Crippen LogP contribution in [0.15, 0.2) is 102 Å². The number of rotatable bonds is 6. The normalized spacial score (nSPS) is 10.7. The maximum Gasteiger partial charge on any atom is 0.173 e. The van der Waals surface area contributed by atoms with E-state index in [0.717, 1.165) is 27.7 Å². The number of carbonyl (C=O) groups excluding carboxylic acids is 1. The number of Topliss-reactive ketones (excluding diaryl/α,β-unsaturated/α-hetero) is 1. The molecule has 0 bridgehead atoms. The van der Waals surface area contributed by atoms with Crippen LogP contribution in [-0.2, 0) is 0 Å². The molecule has 0 aliphatic carbocycles. The van der Waals surface area contributed by atoms with E-state index in [1.807, 2.05) is 72.9 Å². The van der Waals surface area contributed by atoms with Crippen molar-refractivity contribution in [2.24, 2.45) is 0 Å². The first-order chi connectivity index (χ1) is 13.3. The number of aromatic nitrogens is 2. The summed E-state index contributed by atoms with van der Waals surface area (Å²) in [6.07, 6.45) is 1.87. The highest BCUT2D eigenvalue weighted by Gasteiger charge is 2.15. The van der Waals surface area contributed by atoms with E-state index in [1.165, 1.54) is 11.8 Å². The van der Waals surface area contributed by atoms with Crippen LogP contribution >= 0.6 is 11.8 Å². The van der Waals surface area contributed by atoms with Crippen molar-refractivity contribution in [1.82, 2.24) is 9.55 Å². The second kappa shape index (κ2) is 8.06. The quantitative estimate of drug-likeness (QED) is 0.331. The Hall–Kier alpha value is -3.11. The van der Waals surface area contributed by atoms with Crippen molar-refractivity contribution in [1.29, 1.82) is 0 Å². The summed E-state index contributed by atoms with van der Waals surface area (Å²) in [5.74, 6) is 0.451. The van der Waals surface area contributed by atoms with E-state index in [-0.39, 0.29) is 5.78 Å². The number of hydrogen-bond acceptors (Lipinski definition) is 3. The molecule has 0 amide bonds. The van der Waals surface area contributed by atoms with Crippen LogP contribution in [0.4, 0.5) is 0 Å². The van der Waals surface area contributed by atoms with Crippen LogP contribution in [0.25, 0.3) is 16.9 Å². The van der Waals surface area contributed by atoms with Gasteiger partial charge in [-0.15, -0.1) is 0 Å². The van der Waals surface area contributed by atoms with Gasteiger partial charge < -0.3 is 0 Å². The second-order valence-electron chi connectivity index (χ2n) is 6.04. The predicted molar refractivity (Wildman–Crippen MR) is 110 cm³/mol. The fourth-order valence-electron chi connectivity index (χ4n) is 2.91. The van der Waals surface area contributed by atoms with Gasteiger partial charge in [-0.25, -0.2) is 4.98 Å². The van der Waals surface area contributed by atoms with Crippen molar-refractivity contribution in [3.8, 4) is 16.9 Å². The lowest BCUT2D eigenvalue weighted by atomic mass is 10.1. The summed E-state index contributed by atoms with van der Waals surface area (Å²) < 4.78 is 2.11. The highest BCUT2D eigenvalue weighted by Crippen LogP contribution is 2.30. The molecule has 4 heteroatoms. The van der Waals surface area contributed by atoms with Gasteiger partial charge >= 0.3 is 0 Å². The smallest absolute Gasteiger partial charge is 0.173 e. The minimum atomic E-state index is 0.101. The lowest BCUT2D eigenvalue weighted by Crippen LogP contribution is -2.04. The summed E-state index contributed by atoms with van der Waals surface area (Å²) in [6, 6.07) is 29.7. The van der Waals surface area contributed by atoms with Gasteiger partial charge in [0.05, 0.1) is 17.6 Å². The third-order valence-electron chi connectivity index (χ3n) is 4.24. The van der Waals surface area contributed by atoms with Gasteiger partial charge in [0.1, 0.15) is 0 Å². The standard InChI is InChI=1S/C23H18N2OS/c26-22(19-12-6-2-7-13-19)17-27-23-24-16-21(18-10-4-1-5-11-18)25(23)20-14-8-3-9-15-20/h1-16H,17H2. The zero-order chi connectivity index (χ0) is 18.5. The van der Waals surface area contributed by atoms with Gasteiger partial charge in [-0.05, 0) is 12.1 Å². The van der Waals surface area contributed by atoms with Crippen molar-refractivity contribution >= 4 is 17.5 Å². The molecule has 0 fully saturated rings. The molecular formula is C23H18N2OS. The molecule has 3 nitrogen and oxygen atoms in total. The molecule has 4 rings (SSSR count). The van der Waals surface area contributed by atoms with Crippen LogP contribution in [0.5, 0.6) is 0 Å². The average Bonchev–Trinajstić information content (AvgIpc) is 3.18. The van der Waals surface area contributed by atoms with Crippen LogP contribution in [-0.4, -0.2) is 21.1 Å².